The Labute approximate surface area is 209 Å². The van der Waals surface area contributed by atoms with Crippen LogP contribution < -0.4 is 4.90 Å². The van der Waals surface area contributed by atoms with Gasteiger partial charge in [0, 0.05) is 59.5 Å². The van der Waals surface area contributed by atoms with Gasteiger partial charge in [-0.1, -0.05) is 42.8 Å². The molecule has 180 valence electrons. The number of hydrogen-bond acceptors (Lipinski definition) is 6. The summed E-state index contributed by atoms with van der Waals surface area (Å²) in [5.41, 5.74) is 4.12. The maximum atomic E-state index is 11.3. The first-order chi connectivity index (χ1) is 16.2. The molecule has 1 aliphatic rings. The number of piperazine rings is 1. The van der Waals surface area contributed by atoms with E-state index in [9.17, 15) is 9.90 Å². The molecule has 0 radical (unpaired) electrons. The van der Waals surface area contributed by atoms with Crippen LogP contribution in [0.25, 0.3) is 15.7 Å². The van der Waals surface area contributed by atoms with Gasteiger partial charge in [0.05, 0.1) is 10.6 Å². The highest BCUT2D eigenvalue weighted by molar-refractivity contribution is 7.22. The van der Waals surface area contributed by atoms with Gasteiger partial charge < -0.3 is 14.5 Å². The number of rotatable bonds is 7. The molecule has 1 aromatic carbocycles. The van der Waals surface area contributed by atoms with Crippen molar-refractivity contribution in [3.8, 4) is 0 Å². The molecule has 6 nitrogen and oxygen atoms in total. The third-order valence-corrected chi connectivity index (χ3v) is 7.53. The number of anilines is 1. The molecule has 0 aliphatic carbocycles. The molecule has 2 aromatic heterocycles. The maximum absolute atomic E-state index is 11.3. The number of carbonyl (C=O) groups is 1. The minimum atomic E-state index is -0.897. The van der Waals surface area contributed by atoms with Crippen LogP contribution in [0.3, 0.4) is 0 Å². The van der Waals surface area contributed by atoms with Crippen LogP contribution in [0.5, 0.6) is 0 Å². The predicted octanol–water partition coefficient (Wildman–Crippen LogP) is 6.58. The molecule has 0 spiro atoms. The van der Waals surface area contributed by atoms with Crippen LogP contribution in [0.15, 0.2) is 46.0 Å². The van der Waals surface area contributed by atoms with E-state index in [1.54, 1.807) is 23.5 Å². The summed E-state index contributed by atoms with van der Waals surface area (Å²) in [5.74, 6) is 0.216. The first-order valence-electron chi connectivity index (χ1n) is 11.4. The van der Waals surface area contributed by atoms with Crippen LogP contribution in [0.4, 0.5) is 5.00 Å². The van der Waals surface area contributed by atoms with E-state index in [0.29, 0.717) is 10.6 Å². The lowest BCUT2D eigenvalue weighted by Crippen LogP contribution is -2.45. The van der Waals surface area contributed by atoms with E-state index in [2.05, 4.69) is 41.4 Å². The number of aromatic carboxylic acids is 1. The normalized spacial score (nSPS) is 14.7. The van der Waals surface area contributed by atoms with Crippen molar-refractivity contribution >= 4 is 49.6 Å². The average molecular weight is 500 g/mol. The van der Waals surface area contributed by atoms with Crippen LogP contribution in [0.1, 0.15) is 61.0 Å². The third kappa shape index (κ3) is 4.92. The molecule has 34 heavy (non-hydrogen) atoms. The van der Waals surface area contributed by atoms with Crippen LogP contribution in [-0.2, 0) is 6.54 Å². The van der Waals surface area contributed by atoms with Gasteiger partial charge >= 0.3 is 5.97 Å². The van der Waals surface area contributed by atoms with E-state index < -0.39 is 5.97 Å². The molecule has 1 aliphatic heterocycles. The molecule has 0 saturated carbocycles. The number of thiophene rings is 1. The van der Waals surface area contributed by atoms with Gasteiger partial charge in [-0.15, -0.1) is 11.3 Å². The quantitative estimate of drug-likeness (QED) is 0.370. The van der Waals surface area contributed by atoms with Crippen LogP contribution in [0.2, 0.25) is 0 Å². The lowest BCUT2D eigenvalue weighted by atomic mass is 9.98. The van der Waals surface area contributed by atoms with Gasteiger partial charge in [0.1, 0.15) is 11.5 Å². The summed E-state index contributed by atoms with van der Waals surface area (Å²) in [6.07, 6.45) is 0. The zero-order valence-corrected chi connectivity index (χ0v) is 21.6. The van der Waals surface area contributed by atoms with Crippen LogP contribution >= 0.6 is 22.9 Å². The highest BCUT2D eigenvalue weighted by Crippen LogP contribution is 2.36. The minimum Gasteiger partial charge on any atom is -0.478 e. The summed E-state index contributed by atoms with van der Waals surface area (Å²) in [6.45, 7) is 16.5. The Morgan fingerprint density at radius 1 is 1.24 bits per heavy atom. The summed E-state index contributed by atoms with van der Waals surface area (Å²) >= 11 is 8.05. The lowest BCUT2D eigenvalue weighted by molar-refractivity contribution is 0.0697. The molecular formula is C26H30ClN3O3S. The molecule has 0 amide bonds. The van der Waals surface area contributed by atoms with Gasteiger partial charge in [-0.05, 0) is 43.5 Å². The highest BCUT2D eigenvalue weighted by Gasteiger charge is 2.27. The van der Waals surface area contributed by atoms with Gasteiger partial charge in [-0.25, -0.2) is 4.79 Å². The molecule has 3 aromatic rings. The Hall–Kier alpha value is -2.61. The second kappa shape index (κ2) is 9.94. The number of hydrogen-bond donors (Lipinski definition) is 1. The second-order valence-corrected chi connectivity index (χ2v) is 10.7. The van der Waals surface area contributed by atoms with Crippen molar-refractivity contribution in [3.05, 3.63) is 64.0 Å². The van der Waals surface area contributed by atoms with E-state index in [1.165, 1.54) is 5.00 Å². The van der Waals surface area contributed by atoms with Gasteiger partial charge in [0.25, 0.3) is 0 Å². The standard InChI is InChI=1S/C26H30ClN3O3S/c1-15(2)23(17(5)27)24-20(25(16(3)4)33-28-24)14-29-8-10-30(11-9-29)22-13-19-12-18(26(31)32)6-7-21(19)34-22/h6-7,12-13,16H,5,8-11,14H2,1-4H3,(H,31,32). The fraction of sp³-hybridized carbons (Fsp3) is 0.385. The molecule has 3 heterocycles. The van der Waals surface area contributed by atoms with Gasteiger partial charge in [-0.2, -0.15) is 0 Å². The third-order valence-electron chi connectivity index (χ3n) is 6.17. The van der Waals surface area contributed by atoms with Gasteiger partial charge in [0.15, 0.2) is 0 Å². The number of halogens is 1. The van der Waals surface area contributed by atoms with Crippen molar-refractivity contribution in [1.82, 2.24) is 10.1 Å². The monoisotopic (exact) mass is 499 g/mol. The SMILES string of the molecule is C=C(Cl)C(=C(C)C)c1noc(C(C)C)c1CN1CCN(c2cc3cc(C(=O)O)ccc3s2)CC1. The zero-order valence-electron chi connectivity index (χ0n) is 20.0. The second-order valence-electron chi connectivity index (χ2n) is 9.21. The first kappa shape index (κ1) is 24.5. The fourth-order valence-corrected chi connectivity index (χ4v) is 5.80. The fourth-order valence-electron chi connectivity index (χ4n) is 4.43. The summed E-state index contributed by atoms with van der Waals surface area (Å²) < 4.78 is 6.87. The number of aromatic nitrogens is 1. The molecule has 0 bridgehead atoms. The van der Waals surface area contributed by atoms with Crippen molar-refractivity contribution in [2.45, 2.75) is 40.2 Å². The summed E-state index contributed by atoms with van der Waals surface area (Å²) in [4.78, 5) is 16.1. The van der Waals surface area contributed by atoms with Crippen molar-refractivity contribution in [1.29, 1.82) is 0 Å². The Bertz CT molecular complexity index is 1260. The zero-order chi connectivity index (χ0) is 24.6. The first-order valence-corrected chi connectivity index (χ1v) is 12.6. The Balaban J connectivity index is 1.51. The largest absolute Gasteiger partial charge is 0.478 e. The van der Waals surface area contributed by atoms with E-state index in [1.807, 2.05) is 19.9 Å². The molecule has 0 atom stereocenters. The number of nitrogens with zero attached hydrogens (tertiary/aromatic N) is 3. The number of benzene rings is 1. The van der Waals surface area contributed by atoms with E-state index in [0.717, 1.165) is 71.0 Å². The molecular weight excluding hydrogens is 470 g/mol. The van der Waals surface area contributed by atoms with E-state index >= 15 is 0 Å². The number of carboxylic acids is 1. The Morgan fingerprint density at radius 2 is 1.94 bits per heavy atom. The van der Waals surface area contributed by atoms with E-state index in [-0.39, 0.29) is 5.92 Å². The van der Waals surface area contributed by atoms with Crippen molar-refractivity contribution in [3.63, 3.8) is 0 Å². The molecule has 1 fully saturated rings. The maximum Gasteiger partial charge on any atom is 0.335 e. The molecule has 4 rings (SSSR count). The topological polar surface area (TPSA) is 69.8 Å². The Kier molecular flexibility index (Phi) is 7.17. The predicted molar refractivity (Wildman–Crippen MR) is 140 cm³/mol. The minimum absolute atomic E-state index is 0.216. The van der Waals surface area contributed by atoms with Crippen LogP contribution in [0, 0.1) is 0 Å². The lowest BCUT2D eigenvalue weighted by Gasteiger charge is -2.35. The average Bonchev–Trinajstić information content (AvgIpc) is 3.38. The molecule has 1 N–H and O–H groups in total. The van der Waals surface area contributed by atoms with Crippen LogP contribution in [-0.4, -0.2) is 47.3 Å². The highest BCUT2D eigenvalue weighted by atomic mass is 35.5. The van der Waals surface area contributed by atoms with Gasteiger partial charge in [0.2, 0.25) is 0 Å². The molecule has 0 unspecified atom stereocenters. The summed E-state index contributed by atoms with van der Waals surface area (Å²) in [6, 6.07) is 7.42. The molecule has 1 saturated heterocycles. The summed E-state index contributed by atoms with van der Waals surface area (Å²) in [7, 11) is 0. The van der Waals surface area contributed by atoms with Crippen molar-refractivity contribution < 1.29 is 14.4 Å². The van der Waals surface area contributed by atoms with E-state index in [4.69, 9.17) is 16.1 Å². The van der Waals surface area contributed by atoms with Crippen molar-refractivity contribution in [2.24, 2.45) is 0 Å². The summed E-state index contributed by atoms with van der Waals surface area (Å²) in [5, 5.41) is 16.3. The number of fused-ring (bicyclic) bond motifs is 1. The number of carboxylic acid groups (broad SMARTS) is 1. The smallest absolute Gasteiger partial charge is 0.335 e. The van der Waals surface area contributed by atoms with Gasteiger partial charge in [-0.3, -0.25) is 4.90 Å². The molecule has 8 heteroatoms. The Morgan fingerprint density at radius 3 is 2.53 bits per heavy atom. The number of allylic oxidation sites excluding steroid dienone is 3. The van der Waals surface area contributed by atoms with Crippen molar-refractivity contribution in [2.75, 3.05) is 31.1 Å².